The first-order chi connectivity index (χ1) is 10.0. The first-order valence-corrected chi connectivity index (χ1v) is 6.98. The highest BCUT2D eigenvalue weighted by molar-refractivity contribution is 6.35. The summed E-state index contributed by atoms with van der Waals surface area (Å²) in [5.41, 5.74) is 2.47. The maximum absolute atomic E-state index is 12.2. The molecule has 0 aromatic heterocycles. The van der Waals surface area contributed by atoms with Crippen LogP contribution in [-0.2, 0) is 11.2 Å². The number of hydrogen-bond donors (Lipinski definition) is 2. The molecule has 0 aliphatic carbocycles. The van der Waals surface area contributed by atoms with Gasteiger partial charge < -0.3 is 10.6 Å². The van der Waals surface area contributed by atoms with E-state index in [9.17, 15) is 9.59 Å². The zero-order chi connectivity index (χ0) is 15.0. The molecule has 1 aliphatic rings. The molecule has 1 aliphatic heterocycles. The van der Waals surface area contributed by atoms with Crippen molar-refractivity contribution in [3.63, 3.8) is 0 Å². The number of anilines is 2. The Morgan fingerprint density at radius 3 is 2.76 bits per heavy atom. The molecule has 0 saturated carbocycles. The van der Waals surface area contributed by atoms with Gasteiger partial charge in [-0.05, 0) is 42.0 Å². The molecule has 21 heavy (non-hydrogen) atoms. The Morgan fingerprint density at radius 1 is 1.14 bits per heavy atom. The van der Waals surface area contributed by atoms with Crippen LogP contribution in [0.5, 0.6) is 0 Å². The largest absolute Gasteiger partial charge is 0.326 e. The van der Waals surface area contributed by atoms with Crippen molar-refractivity contribution in [1.29, 1.82) is 0 Å². The minimum atomic E-state index is -0.304. The van der Waals surface area contributed by atoms with Gasteiger partial charge in [-0.2, -0.15) is 0 Å². The van der Waals surface area contributed by atoms with Gasteiger partial charge in [-0.3, -0.25) is 9.59 Å². The molecule has 6 heteroatoms. The third kappa shape index (κ3) is 2.86. The van der Waals surface area contributed by atoms with Gasteiger partial charge in [-0.15, -0.1) is 0 Å². The molecule has 0 bridgehead atoms. The molecule has 2 aromatic rings. The van der Waals surface area contributed by atoms with E-state index in [-0.39, 0.29) is 18.2 Å². The van der Waals surface area contributed by atoms with Crippen molar-refractivity contribution >= 4 is 46.4 Å². The number of fused-ring (bicyclic) bond motifs is 1. The van der Waals surface area contributed by atoms with Crippen molar-refractivity contribution in [3.8, 4) is 0 Å². The van der Waals surface area contributed by atoms with Gasteiger partial charge in [0.2, 0.25) is 5.91 Å². The molecule has 2 N–H and O–H groups in total. The maximum atomic E-state index is 12.2. The first-order valence-electron chi connectivity index (χ1n) is 6.22. The second-order valence-electron chi connectivity index (χ2n) is 4.68. The Balaban J connectivity index is 1.85. The standard InChI is InChI=1S/C15H10Cl2N2O2/c16-10-2-3-11(17)13(7-10)19-15(21)8-1-4-12-9(5-8)6-14(20)18-12/h1-5,7H,6H2,(H,18,20)(H,19,21). The summed E-state index contributed by atoms with van der Waals surface area (Å²) in [5.74, 6) is -0.373. The van der Waals surface area contributed by atoms with Crippen LogP contribution in [0.15, 0.2) is 36.4 Å². The van der Waals surface area contributed by atoms with Crippen LogP contribution >= 0.6 is 23.2 Å². The highest BCUT2D eigenvalue weighted by atomic mass is 35.5. The Labute approximate surface area is 131 Å². The van der Waals surface area contributed by atoms with E-state index in [4.69, 9.17) is 23.2 Å². The Hall–Kier alpha value is -2.04. The van der Waals surface area contributed by atoms with Gasteiger partial charge in [0.05, 0.1) is 17.1 Å². The second kappa shape index (κ2) is 5.39. The maximum Gasteiger partial charge on any atom is 0.255 e. The molecule has 106 valence electrons. The summed E-state index contributed by atoms with van der Waals surface area (Å²) in [4.78, 5) is 23.6. The number of nitrogens with one attached hydrogen (secondary N) is 2. The lowest BCUT2D eigenvalue weighted by Gasteiger charge is -2.08. The third-order valence-corrected chi connectivity index (χ3v) is 3.73. The number of carbonyl (C=O) groups is 2. The minimum absolute atomic E-state index is 0.0690. The molecular formula is C15H10Cl2N2O2. The molecule has 0 atom stereocenters. The van der Waals surface area contributed by atoms with Crippen molar-refractivity contribution < 1.29 is 9.59 Å². The number of carbonyl (C=O) groups excluding carboxylic acids is 2. The topological polar surface area (TPSA) is 58.2 Å². The third-order valence-electron chi connectivity index (χ3n) is 3.17. The zero-order valence-electron chi connectivity index (χ0n) is 10.7. The molecule has 4 nitrogen and oxygen atoms in total. The Kier molecular flexibility index (Phi) is 3.57. The summed E-state index contributed by atoms with van der Waals surface area (Å²) in [5, 5.41) is 6.32. The van der Waals surface area contributed by atoms with Crippen molar-refractivity contribution in [1.82, 2.24) is 0 Å². The van der Waals surface area contributed by atoms with Crippen molar-refractivity contribution in [2.24, 2.45) is 0 Å². The fourth-order valence-corrected chi connectivity index (χ4v) is 2.50. The molecule has 2 amide bonds. The van der Waals surface area contributed by atoms with Crippen LogP contribution in [0.1, 0.15) is 15.9 Å². The van der Waals surface area contributed by atoms with Crippen molar-refractivity contribution in [2.45, 2.75) is 6.42 Å². The molecule has 0 spiro atoms. The molecule has 0 saturated heterocycles. The van der Waals surface area contributed by atoms with E-state index < -0.39 is 0 Å². The van der Waals surface area contributed by atoms with E-state index in [2.05, 4.69) is 10.6 Å². The van der Waals surface area contributed by atoms with Crippen LogP contribution in [0.4, 0.5) is 11.4 Å². The van der Waals surface area contributed by atoms with Gasteiger partial charge in [0, 0.05) is 16.3 Å². The highest BCUT2D eigenvalue weighted by Crippen LogP contribution is 2.27. The monoisotopic (exact) mass is 320 g/mol. The van der Waals surface area contributed by atoms with E-state index in [0.717, 1.165) is 11.3 Å². The van der Waals surface area contributed by atoms with E-state index in [1.807, 2.05) is 0 Å². The summed E-state index contributed by atoms with van der Waals surface area (Å²) >= 11 is 11.9. The lowest BCUT2D eigenvalue weighted by Crippen LogP contribution is -2.12. The van der Waals surface area contributed by atoms with E-state index in [1.54, 1.807) is 36.4 Å². The summed E-state index contributed by atoms with van der Waals surface area (Å²) in [6.07, 6.45) is 0.286. The van der Waals surface area contributed by atoms with Gasteiger partial charge in [0.15, 0.2) is 0 Å². The summed E-state index contributed by atoms with van der Waals surface area (Å²) < 4.78 is 0. The van der Waals surface area contributed by atoms with Gasteiger partial charge in [-0.25, -0.2) is 0 Å². The number of hydrogen-bond acceptors (Lipinski definition) is 2. The predicted molar refractivity (Wildman–Crippen MR) is 83.2 cm³/mol. The van der Waals surface area contributed by atoms with Gasteiger partial charge in [-0.1, -0.05) is 23.2 Å². The second-order valence-corrected chi connectivity index (χ2v) is 5.52. The van der Waals surface area contributed by atoms with Crippen LogP contribution < -0.4 is 10.6 Å². The highest BCUT2D eigenvalue weighted by Gasteiger charge is 2.19. The average Bonchev–Trinajstić information content (AvgIpc) is 2.81. The Bertz CT molecular complexity index is 759. The lowest BCUT2D eigenvalue weighted by molar-refractivity contribution is -0.115. The predicted octanol–water partition coefficient (Wildman–Crippen LogP) is 3.74. The Morgan fingerprint density at radius 2 is 1.95 bits per heavy atom. The normalized spacial score (nSPS) is 12.8. The molecule has 3 rings (SSSR count). The van der Waals surface area contributed by atoms with E-state index in [0.29, 0.717) is 21.3 Å². The van der Waals surface area contributed by atoms with Crippen molar-refractivity contribution in [3.05, 3.63) is 57.6 Å². The van der Waals surface area contributed by atoms with Crippen LogP contribution in [0.3, 0.4) is 0 Å². The molecular weight excluding hydrogens is 311 g/mol. The molecule has 1 heterocycles. The number of benzene rings is 2. The molecule has 0 radical (unpaired) electrons. The minimum Gasteiger partial charge on any atom is -0.326 e. The molecule has 0 fully saturated rings. The average molecular weight is 321 g/mol. The zero-order valence-corrected chi connectivity index (χ0v) is 12.3. The van der Waals surface area contributed by atoms with Crippen LogP contribution in [0, 0.1) is 0 Å². The fraction of sp³-hybridized carbons (Fsp3) is 0.0667. The molecule has 2 aromatic carbocycles. The smallest absolute Gasteiger partial charge is 0.255 e. The first kappa shape index (κ1) is 13.9. The van der Waals surface area contributed by atoms with Crippen LogP contribution in [0.2, 0.25) is 10.0 Å². The van der Waals surface area contributed by atoms with E-state index >= 15 is 0 Å². The van der Waals surface area contributed by atoms with Crippen LogP contribution in [0.25, 0.3) is 0 Å². The number of rotatable bonds is 2. The summed E-state index contributed by atoms with van der Waals surface area (Å²) in [6, 6.07) is 9.91. The van der Waals surface area contributed by atoms with Crippen LogP contribution in [-0.4, -0.2) is 11.8 Å². The number of halogens is 2. The fourth-order valence-electron chi connectivity index (χ4n) is 2.16. The SMILES string of the molecule is O=C1Cc2cc(C(=O)Nc3cc(Cl)ccc3Cl)ccc2N1. The number of amides is 2. The quantitative estimate of drug-likeness (QED) is 0.885. The molecule has 0 unspecified atom stereocenters. The van der Waals surface area contributed by atoms with Crippen molar-refractivity contribution in [2.75, 3.05) is 10.6 Å². The summed E-state index contributed by atoms with van der Waals surface area (Å²) in [7, 11) is 0. The summed E-state index contributed by atoms with van der Waals surface area (Å²) in [6.45, 7) is 0. The van der Waals surface area contributed by atoms with E-state index in [1.165, 1.54) is 0 Å². The lowest BCUT2D eigenvalue weighted by atomic mass is 10.1. The van der Waals surface area contributed by atoms with Gasteiger partial charge in [0.25, 0.3) is 5.91 Å². The van der Waals surface area contributed by atoms with Gasteiger partial charge >= 0.3 is 0 Å². The van der Waals surface area contributed by atoms with Gasteiger partial charge in [0.1, 0.15) is 0 Å².